The molecule has 0 aliphatic carbocycles. The minimum absolute atomic E-state index is 0.125. The lowest BCUT2D eigenvalue weighted by Gasteiger charge is -2.14. The maximum Gasteiger partial charge on any atom is 0.433 e. The van der Waals surface area contributed by atoms with Gasteiger partial charge in [-0.2, -0.15) is 13.2 Å². The Morgan fingerprint density at radius 2 is 2.00 bits per heavy atom. The van der Waals surface area contributed by atoms with E-state index in [-0.39, 0.29) is 11.3 Å². The summed E-state index contributed by atoms with van der Waals surface area (Å²) in [5.41, 5.74) is -0.954. The Hall–Kier alpha value is -2.48. The lowest BCUT2D eigenvalue weighted by atomic mass is 10.1. The van der Waals surface area contributed by atoms with Crippen LogP contribution in [0.25, 0.3) is 0 Å². The average Bonchev–Trinajstić information content (AvgIpc) is 2.54. The summed E-state index contributed by atoms with van der Waals surface area (Å²) in [6.07, 6.45) is -4.21. The van der Waals surface area contributed by atoms with Gasteiger partial charge in [-0.05, 0) is 38.1 Å². The molecule has 2 aromatic rings. The van der Waals surface area contributed by atoms with Crippen LogP contribution in [0.1, 0.15) is 41.6 Å². The molecule has 1 amide bonds. The van der Waals surface area contributed by atoms with Crippen LogP contribution in [0.5, 0.6) is 0 Å². The van der Waals surface area contributed by atoms with E-state index in [9.17, 15) is 22.4 Å². The van der Waals surface area contributed by atoms with Crippen LogP contribution < -0.4 is 5.32 Å². The number of benzene rings is 1. The van der Waals surface area contributed by atoms with Gasteiger partial charge >= 0.3 is 6.18 Å². The number of aromatic nitrogens is 1. The van der Waals surface area contributed by atoms with Gasteiger partial charge in [0.25, 0.3) is 5.91 Å². The van der Waals surface area contributed by atoms with Gasteiger partial charge in [0.15, 0.2) is 0 Å². The lowest BCUT2D eigenvalue weighted by Crippen LogP contribution is -2.15. The number of hydrogen-bond acceptors (Lipinski definition) is 3. The molecule has 25 heavy (non-hydrogen) atoms. The third-order valence-corrected chi connectivity index (χ3v) is 3.43. The van der Waals surface area contributed by atoms with E-state index in [0.717, 1.165) is 18.3 Å². The van der Waals surface area contributed by atoms with Crippen LogP contribution in [-0.4, -0.2) is 17.5 Å². The van der Waals surface area contributed by atoms with Crippen molar-refractivity contribution in [3.63, 3.8) is 0 Å². The quantitative estimate of drug-likeness (QED) is 0.798. The summed E-state index contributed by atoms with van der Waals surface area (Å²) in [7, 11) is 0. The van der Waals surface area contributed by atoms with Crippen molar-refractivity contribution in [2.45, 2.75) is 26.1 Å². The van der Waals surface area contributed by atoms with E-state index in [1.54, 1.807) is 13.8 Å². The number of hydrogen-bond donors (Lipinski definition) is 1. The summed E-state index contributed by atoms with van der Waals surface area (Å²) in [5.74, 6) is -1.37. The highest BCUT2D eigenvalue weighted by atomic mass is 19.4. The largest absolute Gasteiger partial charge is 0.433 e. The van der Waals surface area contributed by atoms with Crippen LogP contribution in [0, 0.1) is 5.82 Å². The molecule has 0 saturated heterocycles. The number of halogens is 4. The number of carbonyl (C=O) groups is 1. The van der Waals surface area contributed by atoms with Gasteiger partial charge in [0.1, 0.15) is 11.5 Å². The number of pyridine rings is 1. The van der Waals surface area contributed by atoms with Gasteiger partial charge in [-0.25, -0.2) is 4.39 Å². The van der Waals surface area contributed by atoms with Gasteiger partial charge in [-0.1, -0.05) is 6.07 Å². The first-order valence-electron chi connectivity index (χ1n) is 7.48. The molecule has 0 saturated carbocycles. The van der Waals surface area contributed by atoms with Crippen LogP contribution in [0.2, 0.25) is 0 Å². The summed E-state index contributed by atoms with van der Waals surface area (Å²) in [4.78, 5) is 15.3. The summed E-state index contributed by atoms with van der Waals surface area (Å²) in [5, 5.41) is 2.36. The Kier molecular flexibility index (Phi) is 5.73. The molecule has 0 spiro atoms. The van der Waals surface area contributed by atoms with Crippen molar-refractivity contribution in [2.75, 3.05) is 11.9 Å². The van der Waals surface area contributed by atoms with Gasteiger partial charge in [0.2, 0.25) is 0 Å². The molecule has 0 fully saturated rings. The number of ether oxygens (including phenoxy) is 1. The first kappa shape index (κ1) is 18.9. The summed E-state index contributed by atoms with van der Waals surface area (Å²) in [6.45, 7) is 3.89. The normalized spacial score (nSPS) is 12.7. The molecule has 134 valence electrons. The van der Waals surface area contributed by atoms with Gasteiger partial charge in [-0.15, -0.1) is 0 Å². The molecule has 8 heteroatoms. The number of anilines is 1. The monoisotopic (exact) mass is 356 g/mol. The van der Waals surface area contributed by atoms with Crippen LogP contribution in [0.15, 0.2) is 36.5 Å². The van der Waals surface area contributed by atoms with E-state index in [2.05, 4.69) is 10.3 Å². The van der Waals surface area contributed by atoms with E-state index in [1.807, 2.05) is 0 Å². The highest BCUT2D eigenvalue weighted by Gasteiger charge is 2.32. The van der Waals surface area contributed by atoms with E-state index in [1.165, 1.54) is 12.1 Å². The smallest absolute Gasteiger partial charge is 0.374 e. The van der Waals surface area contributed by atoms with E-state index < -0.39 is 29.7 Å². The van der Waals surface area contributed by atoms with Crippen molar-refractivity contribution in [2.24, 2.45) is 0 Å². The first-order valence-corrected chi connectivity index (χ1v) is 7.48. The highest BCUT2D eigenvalue weighted by Crippen LogP contribution is 2.28. The van der Waals surface area contributed by atoms with Crippen LogP contribution in [0.4, 0.5) is 23.2 Å². The Morgan fingerprint density at radius 3 is 2.60 bits per heavy atom. The molecule has 1 heterocycles. The van der Waals surface area contributed by atoms with E-state index in [0.29, 0.717) is 18.2 Å². The number of rotatable bonds is 5. The van der Waals surface area contributed by atoms with Crippen molar-refractivity contribution in [1.82, 2.24) is 4.98 Å². The zero-order valence-electron chi connectivity index (χ0n) is 13.5. The van der Waals surface area contributed by atoms with Crippen molar-refractivity contribution in [3.8, 4) is 0 Å². The Labute approximate surface area is 141 Å². The third kappa shape index (κ3) is 4.76. The topological polar surface area (TPSA) is 51.2 Å². The zero-order valence-corrected chi connectivity index (χ0v) is 13.5. The van der Waals surface area contributed by atoms with Crippen LogP contribution >= 0.6 is 0 Å². The molecule has 1 atom stereocenters. The van der Waals surface area contributed by atoms with E-state index >= 15 is 0 Å². The zero-order chi connectivity index (χ0) is 18.6. The van der Waals surface area contributed by atoms with Gasteiger partial charge in [0, 0.05) is 29.6 Å². The Balaban J connectivity index is 2.17. The second-order valence-electron chi connectivity index (χ2n) is 5.22. The molecule has 0 unspecified atom stereocenters. The minimum Gasteiger partial charge on any atom is -0.374 e. The van der Waals surface area contributed by atoms with E-state index in [4.69, 9.17) is 4.74 Å². The summed E-state index contributed by atoms with van der Waals surface area (Å²) in [6, 6.07) is 5.79. The molecular weight excluding hydrogens is 340 g/mol. The third-order valence-electron chi connectivity index (χ3n) is 3.43. The van der Waals surface area contributed by atoms with Gasteiger partial charge in [-0.3, -0.25) is 9.78 Å². The first-order chi connectivity index (χ1) is 11.7. The molecule has 0 radical (unpaired) electrons. The molecule has 0 aliphatic heterocycles. The van der Waals surface area contributed by atoms with Crippen LogP contribution in [0.3, 0.4) is 0 Å². The van der Waals surface area contributed by atoms with Crippen molar-refractivity contribution < 1.29 is 27.1 Å². The molecule has 2 rings (SSSR count). The molecule has 1 N–H and O–H groups in total. The maximum absolute atomic E-state index is 14.1. The van der Waals surface area contributed by atoms with Gasteiger partial charge < -0.3 is 10.1 Å². The Morgan fingerprint density at radius 1 is 1.28 bits per heavy atom. The fourth-order valence-corrected chi connectivity index (χ4v) is 2.20. The second kappa shape index (κ2) is 7.60. The number of carbonyl (C=O) groups excluding carboxylic acids is 1. The number of alkyl halides is 3. The number of nitrogens with one attached hydrogen (secondary N) is 1. The SMILES string of the molecule is CCO[C@@H](C)c1ccc(NC(=O)c2ccnc(C(F)(F)F)c2)cc1F. The fourth-order valence-electron chi connectivity index (χ4n) is 2.20. The fraction of sp³-hybridized carbons (Fsp3) is 0.294. The van der Waals surface area contributed by atoms with Crippen molar-refractivity contribution in [1.29, 1.82) is 0 Å². The standard InChI is InChI=1S/C17H16F4N2O2/c1-3-25-10(2)13-5-4-12(9-14(13)18)23-16(24)11-6-7-22-15(8-11)17(19,20)21/h4-10H,3H2,1-2H3,(H,23,24)/t10-/m0/s1. The minimum atomic E-state index is -4.65. The number of amides is 1. The molecule has 4 nitrogen and oxygen atoms in total. The van der Waals surface area contributed by atoms with Gasteiger partial charge in [0.05, 0.1) is 6.10 Å². The summed E-state index contributed by atoms with van der Waals surface area (Å²) >= 11 is 0. The molecule has 1 aromatic heterocycles. The molecular formula is C17H16F4N2O2. The van der Waals surface area contributed by atoms with Crippen LogP contribution in [-0.2, 0) is 10.9 Å². The predicted octanol–water partition coefficient (Wildman–Crippen LogP) is 4.59. The predicted molar refractivity (Wildman–Crippen MR) is 83.6 cm³/mol. The average molecular weight is 356 g/mol. The summed E-state index contributed by atoms with van der Waals surface area (Å²) < 4.78 is 57.3. The Bertz CT molecular complexity index is 763. The molecule has 0 bridgehead atoms. The number of nitrogens with zero attached hydrogens (tertiary/aromatic N) is 1. The van der Waals surface area contributed by atoms with Crippen molar-refractivity contribution >= 4 is 11.6 Å². The highest BCUT2D eigenvalue weighted by molar-refractivity contribution is 6.04. The lowest BCUT2D eigenvalue weighted by molar-refractivity contribution is -0.141. The molecule has 0 aliphatic rings. The molecule has 1 aromatic carbocycles. The maximum atomic E-state index is 14.1. The van der Waals surface area contributed by atoms with Crippen molar-refractivity contribution in [3.05, 3.63) is 59.2 Å². The second-order valence-corrected chi connectivity index (χ2v) is 5.22.